The number of aryl methyl sites for hydroxylation is 1. The first-order valence-corrected chi connectivity index (χ1v) is 5.42. The average molecular weight is 216 g/mol. The van der Waals surface area contributed by atoms with E-state index in [1.807, 2.05) is 13.2 Å². The first kappa shape index (κ1) is 11.5. The molecule has 0 aliphatic carbocycles. The number of hydrogen-bond acceptors (Lipinski definition) is 2. The topological polar surface area (TPSA) is 30.7 Å². The number of halogens is 1. The van der Waals surface area contributed by atoms with Crippen molar-refractivity contribution in [1.82, 2.24) is 15.0 Å². The first-order valence-electron chi connectivity index (χ1n) is 4.89. The Kier molecular flexibility index (Phi) is 3.53. The van der Waals surface area contributed by atoms with E-state index in [9.17, 15) is 0 Å². The molecule has 4 heteroatoms. The minimum Gasteiger partial charge on any atom is -0.255 e. The monoisotopic (exact) mass is 215 g/mol. The van der Waals surface area contributed by atoms with Gasteiger partial charge in [-0.1, -0.05) is 26.0 Å². The Hall–Kier alpha value is -0.570. The lowest BCUT2D eigenvalue weighted by Crippen LogP contribution is -2.28. The molecule has 0 fully saturated rings. The molecule has 80 valence electrons. The number of rotatable bonds is 4. The van der Waals surface area contributed by atoms with E-state index in [0.717, 1.165) is 12.1 Å². The summed E-state index contributed by atoms with van der Waals surface area (Å²) in [5.41, 5.74) is 1.13. The minimum atomic E-state index is 0.109. The second-order valence-corrected chi connectivity index (χ2v) is 4.77. The van der Waals surface area contributed by atoms with Crippen molar-refractivity contribution >= 4 is 11.6 Å². The molecule has 0 saturated heterocycles. The summed E-state index contributed by atoms with van der Waals surface area (Å²) >= 11 is 6.01. The van der Waals surface area contributed by atoms with Crippen molar-refractivity contribution in [3.05, 3.63) is 11.9 Å². The quantitative estimate of drug-likeness (QED) is 0.722. The maximum absolute atomic E-state index is 6.01. The molecule has 3 nitrogen and oxygen atoms in total. The molecule has 1 rings (SSSR count). The lowest BCUT2D eigenvalue weighted by atomic mass is 9.77. The zero-order valence-electron chi connectivity index (χ0n) is 9.29. The average Bonchev–Trinajstić information content (AvgIpc) is 2.50. The highest BCUT2D eigenvalue weighted by atomic mass is 35.5. The van der Waals surface area contributed by atoms with Crippen LogP contribution in [-0.4, -0.2) is 20.9 Å². The summed E-state index contributed by atoms with van der Waals surface area (Å²) in [6.45, 7) is 6.58. The maximum Gasteiger partial charge on any atom is 0.0832 e. The Morgan fingerprint density at radius 2 is 2.21 bits per heavy atom. The van der Waals surface area contributed by atoms with E-state index in [-0.39, 0.29) is 5.41 Å². The van der Waals surface area contributed by atoms with Gasteiger partial charge in [-0.15, -0.1) is 16.7 Å². The van der Waals surface area contributed by atoms with Crippen LogP contribution in [0.5, 0.6) is 0 Å². The Balaban J connectivity index is 2.75. The lowest BCUT2D eigenvalue weighted by Gasteiger charge is -2.30. The molecule has 0 spiro atoms. The van der Waals surface area contributed by atoms with E-state index < -0.39 is 0 Å². The smallest absolute Gasteiger partial charge is 0.0832 e. The fourth-order valence-corrected chi connectivity index (χ4v) is 1.70. The van der Waals surface area contributed by atoms with Gasteiger partial charge in [-0.05, 0) is 17.8 Å². The van der Waals surface area contributed by atoms with Crippen LogP contribution in [0.4, 0.5) is 0 Å². The third-order valence-corrected chi connectivity index (χ3v) is 3.54. The fourth-order valence-electron chi connectivity index (χ4n) is 1.30. The summed E-state index contributed by atoms with van der Waals surface area (Å²) in [4.78, 5) is 0. The maximum atomic E-state index is 6.01. The number of alkyl halides is 1. The van der Waals surface area contributed by atoms with Crippen molar-refractivity contribution in [1.29, 1.82) is 0 Å². The van der Waals surface area contributed by atoms with Gasteiger partial charge >= 0.3 is 0 Å². The largest absolute Gasteiger partial charge is 0.255 e. The summed E-state index contributed by atoms with van der Waals surface area (Å²) < 4.78 is 1.73. The highest BCUT2D eigenvalue weighted by molar-refractivity contribution is 6.18. The predicted octanol–water partition coefficient (Wildman–Crippen LogP) is 2.26. The van der Waals surface area contributed by atoms with E-state index in [0.29, 0.717) is 11.8 Å². The van der Waals surface area contributed by atoms with Crippen molar-refractivity contribution < 1.29 is 0 Å². The number of hydrogen-bond donors (Lipinski definition) is 0. The molecule has 1 aromatic rings. The Morgan fingerprint density at radius 1 is 1.57 bits per heavy atom. The van der Waals surface area contributed by atoms with Crippen molar-refractivity contribution in [2.24, 2.45) is 18.4 Å². The van der Waals surface area contributed by atoms with Gasteiger partial charge in [0.1, 0.15) is 0 Å². The highest BCUT2D eigenvalue weighted by Crippen LogP contribution is 2.31. The van der Waals surface area contributed by atoms with Crippen LogP contribution in [0.25, 0.3) is 0 Å². The summed E-state index contributed by atoms with van der Waals surface area (Å²) in [5.74, 6) is 1.20. The molecule has 14 heavy (non-hydrogen) atoms. The van der Waals surface area contributed by atoms with Crippen molar-refractivity contribution in [3.8, 4) is 0 Å². The van der Waals surface area contributed by atoms with E-state index in [1.165, 1.54) is 0 Å². The second-order valence-electron chi connectivity index (χ2n) is 4.50. The van der Waals surface area contributed by atoms with Crippen molar-refractivity contribution in [2.75, 3.05) is 5.88 Å². The SMILES string of the molecule is CC(C)C(C)(CCl)Cc1cn(C)nn1. The van der Waals surface area contributed by atoms with Gasteiger partial charge in [0.2, 0.25) is 0 Å². The first-order chi connectivity index (χ1) is 6.48. The summed E-state index contributed by atoms with van der Waals surface area (Å²) in [7, 11) is 1.88. The van der Waals surface area contributed by atoms with Crippen LogP contribution < -0.4 is 0 Å². The third kappa shape index (κ3) is 2.47. The molecule has 0 aliphatic rings. The molecule has 0 aliphatic heterocycles. The molecule has 0 amide bonds. The van der Waals surface area contributed by atoms with Crippen LogP contribution in [0, 0.1) is 11.3 Å². The van der Waals surface area contributed by atoms with E-state index >= 15 is 0 Å². The molecule has 1 aromatic heterocycles. The van der Waals surface area contributed by atoms with Crippen LogP contribution in [0.2, 0.25) is 0 Å². The molecule has 0 bridgehead atoms. The summed E-state index contributed by atoms with van der Waals surface area (Å²) in [6, 6.07) is 0. The Labute approximate surface area is 90.4 Å². The van der Waals surface area contributed by atoms with Gasteiger partial charge in [0.05, 0.1) is 5.69 Å². The molecule has 0 saturated carbocycles. The minimum absolute atomic E-state index is 0.109. The van der Waals surface area contributed by atoms with Gasteiger partial charge in [0.25, 0.3) is 0 Å². The van der Waals surface area contributed by atoms with Gasteiger partial charge in [-0.2, -0.15) is 0 Å². The second kappa shape index (κ2) is 4.30. The van der Waals surface area contributed by atoms with Crippen LogP contribution in [0.15, 0.2) is 6.20 Å². The summed E-state index contributed by atoms with van der Waals surface area (Å²) in [6.07, 6.45) is 2.84. The molecule has 1 heterocycles. The molecule has 0 radical (unpaired) electrons. The molecule has 1 unspecified atom stereocenters. The fraction of sp³-hybridized carbons (Fsp3) is 0.800. The standard InChI is InChI=1S/C10H18ClN3/c1-8(2)10(3,7-11)5-9-6-14(4)13-12-9/h6,8H,5,7H2,1-4H3. The van der Waals surface area contributed by atoms with Gasteiger partial charge < -0.3 is 0 Å². The summed E-state index contributed by atoms with van der Waals surface area (Å²) in [5, 5.41) is 8.00. The molecule has 0 N–H and O–H groups in total. The zero-order chi connectivity index (χ0) is 10.8. The third-order valence-electron chi connectivity index (χ3n) is 2.93. The van der Waals surface area contributed by atoms with Gasteiger partial charge in [0, 0.05) is 19.1 Å². The van der Waals surface area contributed by atoms with Gasteiger partial charge in [0.15, 0.2) is 0 Å². The molecular formula is C10H18ClN3. The number of aromatic nitrogens is 3. The van der Waals surface area contributed by atoms with E-state index in [4.69, 9.17) is 11.6 Å². The van der Waals surface area contributed by atoms with Crippen molar-refractivity contribution in [3.63, 3.8) is 0 Å². The predicted molar refractivity (Wildman–Crippen MR) is 58.4 cm³/mol. The zero-order valence-corrected chi connectivity index (χ0v) is 10.0. The van der Waals surface area contributed by atoms with Crippen LogP contribution in [0.1, 0.15) is 26.5 Å². The van der Waals surface area contributed by atoms with E-state index in [1.54, 1.807) is 4.68 Å². The van der Waals surface area contributed by atoms with Crippen molar-refractivity contribution in [2.45, 2.75) is 27.2 Å². The normalized spacial score (nSPS) is 15.9. The highest BCUT2D eigenvalue weighted by Gasteiger charge is 2.28. The van der Waals surface area contributed by atoms with Crippen LogP contribution in [0.3, 0.4) is 0 Å². The Bertz CT molecular complexity index is 295. The van der Waals surface area contributed by atoms with Gasteiger partial charge in [-0.25, -0.2) is 0 Å². The molecule has 0 aromatic carbocycles. The van der Waals surface area contributed by atoms with Crippen LogP contribution >= 0.6 is 11.6 Å². The van der Waals surface area contributed by atoms with Crippen LogP contribution in [-0.2, 0) is 13.5 Å². The molecule has 1 atom stereocenters. The number of nitrogens with zero attached hydrogens (tertiary/aromatic N) is 3. The molecular weight excluding hydrogens is 198 g/mol. The van der Waals surface area contributed by atoms with Gasteiger partial charge in [-0.3, -0.25) is 4.68 Å². The lowest BCUT2D eigenvalue weighted by molar-refractivity contribution is 0.251. The Morgan fingerprint density at radius 3 is 2.57 bits per heavy atom. The van der Waals surface area contributed by atoms with E-state index in [2.05, 4.69) is 31.1 Å².